The van der Waals surface area contributed by atoms with Gasteiger partial charge in [0.05, 0.1) is 40.1 Å². The van der Waals surface area contributed by atoms with Crippen molar-refractivity contribution in [2.75, 3.05) is 0 Å². The highest BCUT2D eigenvalue weighted by molar-refractivity contribution is 6.13. The molecule has 14 rings (SSSR count). The van der Waals surface area contributed by atoms with Crippen molar-refractivity contribution in [2.24, 2.45) is 0 Å². The minimum absolute atomic E-state index is 0.630. The molecule has 0 fully saturated rings. The van der Waals surface area contributed by atoms with Gasteiger partial charge in [0.2, 0.25) is 5.95 Å². The lowest BCUT2D eigenvalue weighted by Gasteiger charge is -2.15. The summed E-state index contributed by atoms with van der Waals surface area (Å²) >= 11 is 0. The van der Waals surface area contributed by atoms with Crippen molar-refractivity contribution in [2.45, 2.75) is 0 Å². The highest BCUT2D eigenvalue weighted by Crippen LogP contribution is 2.43. The molecule has 10 aromatic carbocycles. The number of benzene rings is 10. The van der Waals surface area contributed by atoms with Crippen LogP contribution in [0, 0.1) is 0 Å². The van der Waals surface area contributed by atoms with Crippen LogP contribution in [0.4, 0.5) is 0 Å². The zero-order valence-electron chi connectivity index (χ0n) is 40.1. The maximum absolute atomic E-state index is 4.98. The molecular weight excluding hydrogens is 901 g/mol. The number of aromatic nitrogens is 6. The molecule has 0 radical (unpaired) electrons. The first-order valence-corrected chi connectivity index (χ1v) is 24.9. The third kappa shape index (κ3) is 7.44. The fourth-order valence-corrected chi connectivity index (χ4v) is 10.8. The fourth-order valence-electron chi connectivity index (χ4n) is 10.8. The van der Waals surface area contributed by atoms with E-state index in [0.29, 0.717) is 11.8 Å². The molecule has 4 heterocycles. The van der Waals surface area contributed by atoms with Crippen LogP contribution in [0.25, 0.3) is 133 Å². The fraction of sp³-hybridized carbons (Fsp3) is 0. The Morgan fingerprint density at radius 3 is 1.00 bits per heavy atom. The summed E-state index contributed by atoms with van der Waals surface area (Å²) in [6, 6.07) is 86.4. The Kier molecular flexibility index (Phi) is 10.4. The van der Waals surface area contributed by atoms with Gasteiger partial charge in [-0.15, -0.1) is 0 Å². The zero-order valence-corrected chi connectivity index (χ0v) is 40.1. The smallest absolute Gasteiger partial charge is 0.234 e. The topological polar surface area (TPSA) is 61.4 Å². The van der Waals surface area contributed by atoms with Crippen molar-refractivity contribution in [3.63, 3.8) is 0 Å². The van der Waals surface area contributed by atoms with E-state index in [1.54, 1.807) is 0 Å². The predicted molar refractivity (Wildman–Crippen MR) is 304 cm³/mol. The maximum Gasteiger partial charge on any atom is 0.234 e. The van der Waals surface area contributed by atoms with Gasteiger partial charge >= 0.3 is 0 Å². The van der Waals surface area contributed by atoms with E-state index in [4.69, 9.17) is 19.9 Å². The molecule has 74 heavy (non-hydrogen) atoms. The lowest BCUT2D eigenvalue weighted by atomic mass is 9.88. The van der Waals surface area contributed by atoms with Crippen LogP contribution in [0.2, 0.25) is 0 Å². The van der Waals surface area contributed by atoms with E-state index in [0.717, 1.165) is 110 Å². The molecule has 0 atom stereocenters. The highest BCUT2D eigenvalue weighted by atomic mass is 15.1. The molecule has 0 aliphatic rings. The molecular formula is C68H44N6. The van der Waals surface area contributed by atoms with E-state index in [1.807, 2.05) is 73.3 Å². The van der Waals surface area contributed by atoms with Crippen LogP contribution in [0.15, 0.2) is 267 Å². The van der Waals surface area contributed by atoms with Gasteiger partial charge < -0.3 is 4.57 Å². The van der Waals surface area contributed by atoms with E-state index >= 15 is 0 Å². The highest BCUT2D eigenvalue weighted by Gasteiger charge is 2.21. The maximum atomic E-state index is 4.98. The summed E-state index contributed by atoms with van der Waals surface area (Å²) < 4.78 is 4.49. The molecule has 6 nitrogen and oxygen atoms in total. The molecule has 0 saturated heterocycles. The van der Waals surface area contributed by atoms with Gasteiger partial charge in [0.1, 0.15) is 0 Å². The standard InChI is InChI=1S/C68H44N6/c1-5-17-45(18-6-1)49-29-33-63-59(37-49)61-39-51(31-35-64(61)73(63)54-43-69-67(70-44-54)48-23-11-4-12-24-48)55-25-13-15-27-57(55)58-28-16-14-26-56(58)52-32-36-66-62(40-52)60-38-50(46-19-7-2-8-20-46)30-34-65(60)74(66)68-71-41-53(42-72-68)47-21-9-3-10-22-47/h1-44H. The molecule has 0 saturated carbocycles. The monoisotopic (exact) mass is 944 g/mol. The van der Waals surface area contributed by atoms with E-state index in [1.165, 1.54) is 11.1 Å². The molecule has 0 aliphatic carbocycles. The second-order valence-electron chi connectivity index (χ2n) is 18.7. The summed E-state index contributed by atoms with van der Waals surface area (Å²) in [4.78, 5) is 19.7. The second kappa shape index (κ2) is 18.0. The van der Waals surface area contributed by atoms with Crippen molar-refractivity contribution >= 4 is 43.6 Å². The second-order valence-corrected chi connectivity index (χ2v) is 18.7. The molecule has 346 valence electrons. The first-order chi connectivity index (χ1) is 36.7. The minimum atomic E-state index is 0.630. The Bertz CT molecular complexity index is 4090. The predicted octanol–water partition coefficient (Wildman–Crippen LogP) is 17.1. The molecule has 6 heteroatoms. The van der Waals surface area contributed by atoms with Crippen molar-refractivity contribution in [1.82, 2.24) is 29.1 Å². The van der Waals surface area contributed by atoms with Gasteiger partial charge in [0.15, 0.2) is 5.82 Å². The summed E-state index contributed by atoms with van der Waals surface area (Å²) in [7, 11) is 0. The van der Waals surface area contributed by atoms with Gasteiger partial charge in [-0.3, -0.25) is 4.57 Å². The van der Waals surface area contributed by atoms with E-state index < -0.39 is 0 Å². The number of hydrogen-bond donors (Lipinski definition) is 0. The summed E-state index contributed by atoms with van der Waals surface area (Å²) in [6.07, 6.45) is 7.72. The quantitative estimate of drug-likeness (QED) is 0.145. The van der Waals surface area contributed by atoms with Gasteiger partial charge in [0.25, 0.3) is 0 Å². The number of rotatable bonds is 9. The summed E-state index contributed by atoms with van der Waals surface area (Å²) in [5.41, 5.74) is 19.8. The third-order valence-electron chi connectivity index (χ3n) is 14.4. The normalized spacial score (nSPS) is 11.5. The van der Waals surface area contributed by atoms with Gasteiger partial charge in [-0.25, -0.2) is 19.9 Å². The van der Waals surface area contributed by atoms with Crippen LogP contribution in [0.3, 0.4) is 0 Å². The molecule has 4 aromatic heterocycles. The van der Waals surface area contributed by atoms with Gasteiger partial charge in [-0.1, -0.05) is 194 Å². The first kappa shape index (κ1) is 42.8. The summed E-state index contributed by atoms with van der Waals surface area (Å²) in [5, 5.41) is 4.58. The van der Waals surface area contributed by atoms with Crippen LogP contribution in [0.1, 0.15) is 0 Å². The van der Waals surface area contributed by atoms with Crippen molar-refractivity contribution in [3.8, 4) is 89.8 Å². The number of fused-ring (bicyclic) bond motifs is 6. The Hall–Kier alpha value is -10.0. The Morgan fingerprint density at radius 1 is 0.230 bits per heavy atom. The number of hydrogen-bond acceptors (Lipinski definition) is 4. The van der Waals surface area contributed by atoms with Crippen LogP contribution in [-0.4, -0.2) is 29.1 Å². The van der Waals surface area contributed by atoms with Crippen molar-refractivity contribution in [3.05, 3.63) is 267 Å². The lowest BCUT2D eigenvalue weighted by Crippen LogP contribution is -2.00. The van der Waals surface area contributed by atoms with Crippen LogP contribution >= 0.6 is 0 Å². The largest absolute Gasteiger partial charge is 0.306 e. The lowest BCUT2D eigenvalue weighted by molar-refractivity contribution is 0.990. The van der Waals surface area contributed by atoms with E-state index in [2.05, 4.69) is 203 Å². The summed E-state index contributed by atoms with van der Waals surface area (Å²) in [6.45, 7) is 0. The zero-order chi connectivity index (χ0) is 49.0. The molecule has 0 spiro atoms. The number of nitrogens with zero attached hydrogens (tertiary/aromatic N) is 6. The van der Waals surface area contributed by atoms with E-state index in [-0.39, 0.29) is 0 Å². The van der Waals surface area contributed by atoms with Crippen LogP contribution in [-0.2, 0) is 0 Å². The Labute approximate surface area is 427 Å². The summed E-state index contributed by atoms with van der Waals surface area (Å²) in [5.74, 6) is 1.33. The van der Waals surface area contributed by atoms with Gasteiger partial charge in [0, 0.05) is 45.1 Å². The third-order valence-corrected chi connectivity index (χ3v) is 14.4. The molecule has 0 amide bonds. The van der Waals surface area contributed by atoms with Gasteiger partial charge in [-0.05, 0) is 110 Å². The average Bonchev–Trinajstić information content (AvgIpc) is 4.02. The minimum Gasteiger partial charge on any atom is -0.306 e. The Morgan fingerprint density at radius 2 is 0.568 bits per heavy atom. The average molecular weight is 945 g/mol. The SMILES string of the molecule is c1ccc(-c2cnc(-n3c4ccc(-c5ccccc5)cc4c4cc(-c5ccccc5-c5ccccc5-c5ccc6c(c5)c5cc(-c7ccccc7)ccc5n6-c5cnc(-c6ccccc6)nc5)ccc43)nc2)cc1. The van der Waals surface area contributed by atoms with E-state index in [9.17, 15) is 0 Å². The molecule has 0 unspecified atom stereocenters. The molecule has 14 aromatic rings. The molecule has 0 bridgehead atoms. The van der Waals surface area contributed by atoms with Gasteiger partial charge in [-0.2, -0.15) is 0 Å². The Balaban J connectivity index is 0.907. The van der Waals surface area contributed by atoms with Crippen molar-refractivity contribution in [1.29, 1.82) is 0 Å². The first-order valence-electron chi connectivity index (χ1n) is 24.9. The van der Waals surface area contributed by atoms with Crippen LogP contribution < -0.4 is 0 Å². The van der Waals surface area contributed by atoms with Crippen LogP contribution in [0.5, 0.6) is 0 Å². The van der Waals surface area contributed by atoms with Crippen molar-refractivity contribution < 1.29 is 0 Å². The molecule has 0 N–H and O–H groups in total. The molecule has 0 aliphatic heterocycles.